The molecule has 1 atom stereocenters. The molecule has 1 unspecified atom stereocenters. The molecule has 1 saturated carbocycles. The first-order valence-electron chi connectivity index (χ1n) is 12.2. The lowest BCUT2D eigenvalue weighted by Crippen LogP contribution is -2.17. The van der Waals surface area contributed by atoms with Gasteiger partial charge in [-0.15, -0.1) is 0 Å². The summed E-state index contributed by atoms with van der Waals surface area (Å²) in [5.74, 6) is 0.208. The molecule has 1 aromatic carbocycles. The Hall–Kier alpha value is -4.32. The zero-order valence-corrected chi connectivity index (χ0v) is 20.1. The van der Waals surface area contributed by atoms with Crippen LogP contribution < -0.4 is 5.32 Å². The maximum atomic E-state index is 13.1. The quantitative estimate of drug-likeness (QED) is 0.406. The van der Waals surface area contributed by atoms with Gasteiger partial charge in [-0.25, -0.2) is 9.97 Å². The van der Waals surface area contributed by atoms with Gasteiger partial charge in [0.05, 0.1) is 36.8 Å². The maximum Gasteiger partial charge on any atom is 0.236 e. The molecule has 3 aromatic heterocycles. The molecule has 182 valence electrons. The smallest absolute Gasteiger partial charge is 0.236 e. The lowest BCUT2D eigenvalue weighted by atomic mass is 9.96. The van der Waals surface area contributed by atoms with Crippen molar-refractivity contribution in [3.8, 4) is 17.3 Å². The number of nitrogens with zero attached hydrogens (tertiary/aromatic N) is 6. The molecule has 36 heavy (non-hydrogen) atoms. The van der Waals surface area contributed by atoms with Crippen LogP contribution in [-0.4, -0.2) is 36.1 Å². The van der Waals surface area contributed by atoms with Gasteiger partial charge < -0.3 is 5.32 Å². The third-order valence-electron chi connectivity index (χ3n) is 6.84. The standard InChI is InChI=1S/C27H27N7O2/c1-18(35)32-22-8-6-19(7-9-22)14-25(36)33-13-11-23-26(29-17-30-27(23)33)21-15-31-34(16-21)24(10-12-28)20-4-2-3-5-20/h6-9,11,13,15-17,20,24H,2-5,10,14H2,1H3,(H,32,35). The van der Waals surface area contributed by atoms with Crippen molar-refractivity contribution < 1.29 is 9.59 Å². The van der Waals surface area contributed by atoms with Crippen molar-refractivity contribution in [2.75, 3.05) is 5.32 Å². The molecule has 1 amide bonds. The molecule has 1 N–H and O–H groups in total. The molecule has 9 nitrogen and oxygen atoms in total. The SMILES string of the molecule is CC(=O)Nc1ccc(CC(=O)n2ccc3c(-c4cnn(C(CC#N)C5CCCC5)c4)ncnc32)cc1. The monoisotopic (exact) mass is 481 g/mol. The second-order valence-electron chi connectivity index (χ2n) is 9.28. The number of aromatic nitrogens is 5. The summed E-state index contributed by atoms with van der Waals surface area (Å²) < 4.78 is 3.46. The number of nitrogens with one attached hydrogen (secondary N) is 1. The van der Waals surface area contributed by atoms with E-state index in [0.717, 1.165) is 29.4 Å². The van der Waals surface area contributed by atoms with Gasteiger partial charge in [-0.2, -0.15) is 10.4 Å². The van der Waals surface area contributed by atoms with E-state index in [2.05, 4.69) is 26.5 Å². The summed E-state index contributed by atoms with van der Waals surface area (Å²) in [5, 5.41) is 17.4. The zero-order chi connectivity index (χ0) is 25.1. The molecule has 0 saturated heterocycles. The van der Waals surface area contributed by atoms with Gasteiger partial charge in [-0.1, -0.05) is 25.0 Å². The molecule has 0 bridgehead atoms. The second-order valence-corrected chi connectivity index (χ2v) is 9.28. The third-order valence-corrected chi connectivity index (χ3v) is 6.84. The highest BCUT2D eigenvalue weighted by molar-refractivity contribution is 5.97. The average Bonchev–Trinajstić information content (AvgIpc) is 3.64. The van der Waals surface area contributed by atoms with Crippen LogP contribution in [0.25, 0.3) is 22.3 Å². The van der Waals surface area contributed by atoms with Crippen molar-refractivity contribution >= 4 is 28.5 Å². The van der Waals surface area contributed by atoms with Gasteiger partial charge in [0.15, 0.2) is 5.65 Å². The third kappa shape index (κ3) is 4.75. The zero-order valence-electron chi connectivity index (χ0n) is 20.1. The molecule has 0 spiro atoms. The summed E-state index contributed by atoms with van der Waals surface area (Å²) in [7, 11) is 0. The number of nitriles is 1. The Morgan fingerprint density at radius 3 is 2.67 bits per heavy atom. The molecule has 5 rings (SSSR count). The first-order chi connectivity index (χ1) is 17.5. The number of fused-ring (bicyclic) bond motifs is 1. The van der Waals surface area contributed by atoms with Crippen molar-refractivity contribution in [1.29, 1.82) is 5.26 Å². The van der Waals surface area contributed by atoms with Crippen molar-refractivity contribution in [2.24, 2.45) is 5.92 Å². The molecule has 0 radical (unpaired) electrons. The van der Waals surface area contributed by atoms with Crippen LogP contribution in [0.1, 0.15) is 55.4 Å². The molecule has 3 heterocycles. The highest BCUT2D eigenvalue weighted by Crippen LogP contribution is 2.36. The summed E-state index contributed by atoms with van der Waals surface area (Å²) in [6.45, 7) is 1.45. The molecular formula is C27H27N7O2. The minimum atomic E-state index is -0.141. The predicted octanol–water partition coefficient (Wildman–Crippen LogP) is 4.78. The van der Waals surface area contributed by atoms with E-state index >= 15 is 0 Å². The van der Waals surface area contributed by atoms with Gasteiger partial charge in [-0.3, -0.25) is 18.8 Å². The van der Waals surface area contributed by atoms with Gasteiger partial charge in [-0.05, 0) is 42.5 Å². The van der Waals surface area contributed by atoms with Crippen molar-refractivity contribution in [3.63, 3.8) is 0 Å². The van der Waals surface area contributed by atoms with E-state index in [-0.39, 0.29) is 24.3 Å². The van der Waals surface area contributed by atoms with Crippen LogP contribution in [0.3, 0.4) is 0 Å². The number of rotatable bonds is 7. The van der Waals surface area contributed by atoms with Crippen molar-refractivity contribution in [3.05, 3.63) is 60.8 Å². The first kappa shape index (κ1) is 23.4. The van der Waals surface area contributed by atoms with Crippen LogP contribution in [0.2, 0.25) is 0 Å². The fourth-order valence-corrected chi connectivity index (χ4v) is 5.11. The minimum Gasteiger partial charge on any atom is -0.326 e. The van der Waals surface area contributed by atoms with Gasteiger partial charge in [0.25, 0.3) is 0 Å². The molecule has 1 aliphatic rings. The Kier molecular flexibility index (Phi) is 6.58. The van der Waals surface area contributed by atoms with Crippen LogP contribution in [0.5, 0.6) is 0 Å². The summed E-state index contributed by atoms with van der Waals surface area (Å²) in [5.41, 5.74) is 3.61. The van der Waals surface area contributed by atoms with E-state index in [4.69, 9.17) is 0 Å². The van der Waals surface area contributed by atoms with E-state index < -0.39 is 0 Å². The maximum absolute atomic E-state index is 13.1. The predicted molar refractivity (Wildman–Crippen MR) is 135 cm³/mol. The fraction of sp³-hybridized carbons (Fsp3) is 0.333. The topological polar surface area (TPSA) is 118 Å². The van der Waals surface area contributed by atoms with Gasteiger partial charge in [0.2, 0.25) is 11.8 Å². The van der Waals surface area contributed by atoms with Crippen LogP contribution in [-0.2, 0) is 11.2 Å². The molecule has 9 heteroatoms. The molecule has 4 aromatic rings. The number of carbonyl (C=O) groups excluding carboxylic acids is 2. The highest BCUT2D eigenvalue weighted by Gasteiger charge is 2.27. The summed E-state index contributed by atoms with van der Waals surface area (Å²) >= 11 is 0. The average molecular weight is 482 g/mol. The molecule has 0 aliphatic heterocycles. The lowest BCUT2D eigenvalue weighted by Gasteiger charge is -2.21. The van der Waals surface area contributed by atoms with E-state index in [1.54, 1.807) is 29.1 Å². The summed E-state index contributed by atoms with van der Waals surface area (Å²) in [6, 6.07) is 11.4. The van der Waals surface area contributed by atoms with Gasteiger partial charge >= 0.3 is 0 Å². The van der Waals surface area contributed by atoms with Gasteiger partial charge in [0, 0.05) is 36.0 Å². The Morgan fingerprint density at radius 2 is 1.94 bits per heavy atom. The number of benzene rings is 1. The summed E-state index contributed by atoms with van der Waals surface area (Å²) in [6.07, 6.45) is 12.2. The van der Waals surface area contributed by atoms with Crippen molar-refractivity contribution in [2.45, 2.75) is 51.5 Å². The minimum absolute atomic E-state index is 0.0618. The largest absolute Gasteiger partial charge is 0.326 e. The highest BCUT2D eigenvalue weighted by atomic mass is 16.2. The van der Waals surface area contributed by atoms with E-state index in [1.165, 1.54) is 26.1 Å². The Balaban J connectivity index is 1.39. The second kappa shape index (κ2) is 10.1. The molecule has 1 fully saturated rings. The van der Waals surface area contributed by atoms with Crippen LogP contribution in [0.15, 0.2) is 55.2 Å². The van der Waals surface area contributed by atoms with Crippen molar-refractivity contribution in [1.82, 2.24) is 24.3 Å². The Labute approximate surface area is 208 Å². The molecule has 1 aliphatic carbocycles. The van der Waals surface area contributed by atoms with E-state index in [9.17, 15) is 14.9 Å². The first-order valence-corrected chi connectivity index (χ1v) is 12.2. The van der Waals surface area contributed by atoms with Crippen LogP contribution in [0, 0.1) is 17.2 Å². The summed E-state index contributed by atoms with van der Waals surface area (Å²) in [4.78, 5) is 33.2. The number of amides is 1. The van der Waals surface area contributed by atoms with E-state index in [0.29, 0.717) is 29.4 Å². The number of hydrogen-bond donors (Lipinski definition) is 1. The van der Waals surface area contributed by atoms with Gasteiger partial charge in [0.1, 0.15) is 6.33 Å². The fourth-order valence-electron chi connectivity index (χ4n) is 5.11. The van der Waals surface area contributed by atoms with Crippen LogP contribution in [0.4, 0.5) is 5.69 Å². The lowest BCUT2D eigenvalue weighted by molar-refractivity contribution is -0.114. The molecular weight excluding hydrogens is 454 g/mol. The normalized spacial score (nSPS) is 14.6. The van der Waals surface area contributed by atoms with E-state index in [1.807, 2.05) is 29.1 Å². The Bertz CT molecular complexity index is 1440. The number of carbonyl (C=O) groups is 2. The number of hydrogen-bond acceptors (Lipinski definition) is 6. The Morgan fingerprint density at radius 1 is 1.17 bits per heavy atom. The van der Waals surface area contributed by atoms with Crippen LogP contribution >= 0.6 is 0 Å². The number of anilines is 1.